The Morgan fingerprint density at radius 3 is 2.47 bits per heavy atom. The minimum Gasteiger partial charge on any atom is -0.493 e. The van der Waals surface area contributed by atoms with Gasteiger partial charge in [-0.15, -0.1) is 0 Å². The molecule has 4 nitrogen and oxygen atoms in total. The van der Waals surface area contributed by atoms with Gasteiger partial charge in [-0.2, -0.15) is 0 Å². The summed E-state index contributed by atoms with van der Waals surface area (Å²) in [4.78, 5) is 12.3. The van der Waals surface area contributed by atoms with Crippen LogP contribution in [0.2, 0.25) is 0 Å². The van der Waals surface area contributed by atoms with E-state index in [1.54, 1.807) is 32.4 Å². The van der Waals surface area contributed by atoms with Gasteiger partial charge in [-0.3, -0.25) is 4.79 Å². The third-order valence-corrected chi connectivity index (χ3v) is 4.66. The van der Waals surface area contributed by atoms with E-state index in [0.29, 0.717) is 17.1 Å². The van der Waals surface area contributed by atoms with Crippen molar-refractivity contribution in [2.45, 2.75) is 24.8 Å². The fraction of sp³-hybridized carbons (Fsp3) is 0.500. The molecule has 1 aliphatic rings. The number of nitrogens with one attached hydrogen (secondary N) is 1. The van der Waals surface area contributed by atoms with Crippen molar-refractivity contribution in [1.82, 2.24) is 5.32 Å². The number of halogens is 1. The summed E-state index contributed by atoms with van der Waals surface area (Å²) in [5.74, 6) is 1.12. The summed E-state index contributed by atoms with van der Waals surface area (Å²) in [5.41, 5.74) is 0.509. The van der Waals surface area contributed by atoms with Gasteiger partial charge in [0.15, 0.2) is 11.5 Å². The van der Waals surface area contributed by atoms with E-state index in [9.17, 15) is 4.79 Å². The first kappa shape index (κ1) is 14.2. The zero-order chi connectivity index (χ0) is 13.9. The number of carbonyl (C=O) groups is 1. The first-order valence-corrected chi connectivity index (χ1v) is 7.37. The second-order valence-electron chi connectivity index (χ2n) is 4.79. The van der Waals surface area contributed by atoms with Crippen LogP contribution < -0.4 is 14.8 Å². The molecule has 0 bridgehead atoms. The van der Waals surface area contributed by atoms with E-state index in [2.05, 4.69) is 21.2 Å². The van der Waals surface area contributed by atoms with Crippen molar-refractivity contribution in [3.05, 3.63) is 23.8 Å². The molecule has 1 saturated carbocycles. The Balaban J connectivity index is 2.15. The van der Waals surface area contributed by atoms with E-state index in [-0.39, 0.29) is 11.4 Å². The molecule has 1 amide bonds. The molecule has 2 rings (SSSR count). The maximum absolute atomic E-state index is 12.3. The van der Waals surface area contributed by atoms with Crippen LogP contribution >= 0.6 is 15.9 Å². The molecular formula is C14H18BrNO3. The predicted octanol–water partition coefficient (Wildman–Crippen LogP) is 2.75. The fourth-order valence-electron chi connectivity index (χ4n) is 2.19. The molecule has 104 valence electrons. The second-order valence-corrected chi connectivity index (χ2v) is 5.35. The first-order valence-electron chi connectivity index (χ1n) is 6.24. The van der Waals surface area contributed by atoms with Crippen LogP contribution in [-0.4, -0.2) is 31.0 Å². The lowest BCUT2D eigenvalue weighted by Crippen LogP contribution is -2.54. The predicted molar refractivity (Wildman–Crippen MR) is 77.4 cm³/mol. The number of hydrogen-bond acceptors (Lipinski definition) is 3. The van der Waals surface area contributed by atoms with Gasteiger partial charge in [0.1, 0.15) is 0 Å². The van der Waals surface area contributed by atoms with E-state index in [0.717, 1.165) is 24.6 Å². The lowest BCUT2D eigenvalue weighted by Gasteiger charge is -2.41. The molecular weight excluding hydrogens is 310 g/mol. The van der Waals surface area contributed by atoms with Crippen molar-refractivity contribution in [2.24, 2.45) is 0 Å². The number of methoxy groups -OCH3 is 2. The highest BCUT2D eigenvalue weighted by atomic mass is 79.9. The topological polar surface area (TPSA) is 47.6 Å². The summed E-state index contributed by atoms with van der Waals surface area (Å²) in [7, 11) is 3.14. The van der Waals surface area contributed by atoms with Gasteiger partial charge in [-0.1, -0.05) is 15.9 Å². The molecule has 1 aliphatic carbocycles. The highest BCUT2D eigenvalue weighted by Crippen LogP contribution is 2.34. The summed E-state index contributed by atoms with van der Waals surface area (Å²) in [6, 6.07) is 5.20. The number of ether oxygens (including phenoxy) is 2. The van der Waals surface area contributed by atoms with E-state index >= 15 is 0 Å². The lowest BCUT2D eigenvalue weighted by atomic mass is 9.78. The Labute approximate surface area is 121 Å². The van der Waals surface area contributed by atoms with Crippen molar-refractivity contribution in [2.75, 3.05) is 19.5 Å². The molecule has 0 atom stereocenters. The Bertz CT molecular complexity index is 466. The minimum absolute atomic E-state index is 0.0693. The highest BCUT2D eigenvalue weighted by molar-refractivity contribution is 9.09. The van der Waals surface area contributed by atoms with Gasteiger partial charge < -0.3 is 14.8 Å². The monoisotopic (exact) mass is 327 g/mol. The summed E-state index contributed by atoms with van der Waals surface area (Å²) in [5, 5.41) is 3.89. The average molecular weight is 328 g/mol. The molecule has 1 fully saturated rings. The van der Waals surface area contributed by atoms with Gasteiger partial charge >= 0.3 is 0 Å². The van der Waals surface area contributed by atoms with E-state index in [1.807, 2.05) is 0 Å². The van der Waals surface area contributed by atoms with Gasteiger partial charge in [-0.25, -0.2) is 0 Å². The van der Waals surface area contributed by atoms with Crippen molar-refractivity contribution in [3.8, 4) is 11.5 Å². The Hall–Kier alpha value is -1.23. The summed E-state index contributed by atoms with van der Waals surface area (Å²) < 4.78 is 10.4. The van der Waals surface area contributed by atoms with Crippen LogP contribution in [0.3, 0.4) is 0 Å². The Morgan fingerprint density at radius 2 is 2.00 bits per heavy atom. The van der Waals surface area contributed by atoms with Crippen molar-refractivity contribution >= 4 is 21.8 Å². The number of amides is 1. The van der Waals surface area contributed by atoms with Crippen molar-refractivity contribution in [1.29, 1.82) is 0 Å². The molecule has 0 aliphatic heterocycles. The molecule has 0 aromatic heterocycles. The minimum atomic E-state index is -0.0791. The van der Waals surface area contributed by atoms with Gasteiger partial charge in [0.2, 0.25) is 0 Å². The largest absolute Gasteiger partial charge is 0.493 e. The van der Waals surface area contributed by atoms with Crippen molar-refractivity contribution < 1.29 is 14.3 Å². The number of rotatable bonds is 5. The zero-order valence-electron chi connectivity index (χ0n) is 11.2. The van der Waals surface area contributed by atoms with E-state index < -0.39 is 0 Å². The van der Waals surface area contributed by atoms with E-state index in [1.165, 1.54) is 0 Å². The molecule has 1 N–H and O–H groups in total. The van der Waals surface area contributed by atoms with Gasteiger partial charge in [-0.05, 0) is 37.5 Å². The number of hydrogen-bond donors (Lipinski definition) is 1. The standard InChI is InChI=1S/C14H18BrNO3/c1-18-11-5-4-10(8-12(11)19-2)13(17)16-14(9-15)6-3-7-14/h4-5,8H,3,6-7,9H2,1-2H3,(H,16,17). The molecule has 1 aromatic carbocycles. The fourth-order valence-corrected chi connectivity index (χ4v) is 2.89. The lowest BCUT2D eigenvalue weighted by molar-refractivity contribution is 0.0856. The van der Waals surface area contributed by atoms with Gasteiger partial charge in [0, 0.05) is 10.9 Å². The van der Waals surface area contributed by atoms with Crippen molar-refractivity contribution in [3.63, 3.8) is 0 Å². The molecule has 0 spiro atoms. The van der Waals surface area contributed by atoms with Crippen LogP contribution in [0.1, 0.15) is 29.6 Å². The number of benzene rings is 1. The molecule has 0 radical (unpaired) electrons. The SMILES string of the molecule is COc1ccc(C(=O)NC2(CBr)CCC2)cc1OC. The maximum Gasteiger partial charge on any atom is 0.251 e. The Kier molecular flexibility index (Phi) is 4.34. The quantitative estimate of drug-likeness (QED) is 0.846. The molecule has 19 heavy (non-hydrogen) atoms. The molecule has 0 unspecified atom stereocenters. The first-order chi connectivity index (χ1) is 9.14. The van der Waals surface area contributed by atoms with Crippen LogP contribution in [0, 0.1) is 0 Å². The van der Waals surface area contributed by atoms with Gasteiger partial charge in [0.25, 0.3) is 5.91 Å². The normalized spacial score (nSPS) is 16.4. The van der Waals surface area contributed by atoms with Crippen LogP contribution in [0.5, 0.6) is 11.5 Å². The van der Waals surface area contributed by atoms with Crippen LogP contribution in [0.25, 0.3) is 0 Å². The Morgan fingerprint density at radius 1 is 1.32 bits per heavy atom. The average Bonchev–Trinajstić information content (AvgIpc) is 2.41. The summed E-state index contributed by atoms with van der Waals surface area (Å²) in [6.07, 6.45) is 3.21. The summed E-state index contributed by atoms with van der Waals surface area (Å²) >= 11 is 3.48. The number of alkyl halides is 1. The van der Waals surface area contributed by atoms with E-state index in [4.69, 9.17) is 9.47 Å². The van der Waals surface area contributed by atoms with Crippen LogP contribution in [0.15, 0.2) is 18.2 Å². The molecule has 5 heteroatoms. The smallest absolute Gasteiger partial charge is 0.251 e. The second kappa shape index (κ2) is 5.82. The molecule has 1 aromatic rings. The zero-order valence-corrected chi connectivity index (χ0v) is 12.7. The molecule has 0 saturated heterocycles. The highest BCUT2D eigenvalue weighted by Gasteiger charge is 2.37. The number of carbonyl (C=O) groups excluding carboxylic acids is 1. The molecule has 0 heterocycles. The van der Waals surface area contributed by atoms with Gasteiger partial charge in [0.05, 0.1) is 19.8 Å². The summed E-state index contributed by atoms with van der Waals surface area (Å²) in [6.45, 7) is 0. The maximum atomic E-state index is 12.3. The van der Waals surface area contributed by atoms with Crippen LogP contribution in [-0.2, 0) is 0 Å². The van der Waals surface area contributed by atoms with Crippen LogP contribution in [0.4, 0.5) is 0 Å². The third-order valence-electron chi connectivity index (χ3n) is 3.59. The third kappa shape index (κ3) is 2.86.